The summed E-state index contributed by atoms with van der Waals surface area (Å²) >= 11 is 3.19. The van der Waals surface area contributed by atoms with Gasteiger partial charge in [0.2, 0.25) is 0 Å². The van der Waals surface area contributed by atoms with Crippen LogP contribution in [0.2, 0.25) is 0 Å². The van der Waals surface area contributed by atoms with Gasteiger partial charge in [-0.05, 0) is 28.9 Å². The van der Waals surface area contributed by atoms with E-state index in [1.807, 2.05) is 0 Å². The Morgan fingerprint density at radius 3 is 2.60 bits per heavy atom. The van der Waals surface area contributed by atoms with Crippen molar-refractivity contribution in [3.05, 3.63) is 44.6 Å². The van der Waals surface area contributed by atoms with Crippen molar-refractivity contribution in [2.24, 2.45) is 0 Å². The molecule has 0 fully saturated rings. The standard InChI is InChI=1S/C12H10BrN3O4/c1-2-15-11(17)6-10(12(15)18)14-9-4-3-7(16(19)20)5-8(9)13/h3-6,14H,2H2,1H3. The zero-order valence-corrected chi connectivity index (χ0v) is 12.0. The number of nitro benzene ring substituents is 1. The second-order valence-electron chi connectivity index (χ2n) is 3.99. The molecule has 0 spiro atoms. The highest BCUT2D eigenvalue weighted by atomic mass is 79.9. The number of non-ortho nitro benzene ring substituents is 1. The summed E-state index contributed by atoms with van der Waals surface area (Å²) in [6.45, 7) is 2.00. The molecule has 1 heterocycles. The van der Waals surface area contributed by atoms with Crippen LogP contribution in [0.25, 0.3) is 0 Å². The van der Waals surface area contributed by atoms with E-state index in [4.69, 9.17) is 0 Å². The number of carbonyl (C=O) groups excluding carboxylic acids is 2. The average molecular weight is 340 g/mol. The van der Waals surface area contributed by atoms with E-state index in [1.54, 1.807) is 6.92 Å². The molecule has 0 atom stereocenters. The topological polar surface area (TPSA) is 92.6 Å². The number of hydrogen-bond donors (Lipinski definition) is 1. The third kappa shape index (κ3) is 2.55. The first kappa shape index (κ1) is 14.2. The molecule has 2 rings (SSSR count). The molecule has 0 saturated heterocycles. The van der Waals surface area contributed by atoms with Crippen LogP contribution < -0.4 is 5.32 Å². The SMILES string of the molecule is CCN1C(=O)C=C(Nc2ccc([N+](=O)[O-])cc2Br)C1=O. The predicted octanol–water partition coefficient (Wildman–Crippen LogP) is 2.04. The van der Waals surface area contributed by atoms with Crippen molar-refractivity contribution in [3.8, 4) is 0 Å². The molecule has 7 nitrogen and oxygen atoms in total. The molecule has 0 radical (unpaired) electrons. The number of carbonyl (C=O) groups is 2. The van der Waals surface area contributed by atoms with Crippen LogP contribution in [0.3, 0.4) is 0 Å². The number of benzene rings is 1. The van der Waals surface area contributed by atoms with Crippen molar-refractivity contribution in [1.29, 1.82) is 0 Å². The third-order valence-corrected chi connectivity index (χ3v) is 3.41. The van der Waals surface area contributed by atoms with Crippen LogP contribution in [0.1, 0.15) is 6.92 Å². The maximum Gasteiger partial charge on any atom is 0.277 e. The number of nitro groups is 1. The van der Waals surface area contributed by atoms with Crippen molar-refractivity contribution in [2.75, 3.05) is 11.9 Å². The van der Waals surface area contributed by atoms with Gasteiger partial charge in [0, 0.05) is 29.2 Å². The largest absolute Gasteiger partial charge is 0.350 e. The smallest absolute Gasteiger partial charge is 0.277 e. The minimum atomic E-state index is -0.517. The molecule has 0 bridgehead atoms. The van der Waals surface area contributed by atoms with Gasteiger partial charge in [0.05, 0.1) is 10.6 Å². The Balaban J connectivity index is 2.24. The van der Waals surface area contributed by atoms with E-state index in [9.17, 15) is 19.7 Å². The lowest BCUT2D eigenvalue weighted by Crippen LogP contribution is -2.31. The Kier molecular flexibility index (Phi) is 3.84. The number of likely N-dealkylation sites (N-methyl/N-ethyl adjacent to an activating group) is 1. The van der Waals surface area contributed by atoms with Gasteiger partial charge in [-0.25, -0.2) is 0 Å². The van der Waals surface area contributed by atoms with Crippen LogP contribution in [-0.4, -0.2) is 28.2 Å². The first-order valence-corrected chi connectivity index (χ1v) is 6.51. The molecular weight excluding hydrogens is 330 g/mol. The summed E-state index contributed by atoms with van der Waals surface area (Å²) in [4.78, 5) is 34.6. The highest BCUT2D eigenvalue weighted by Crippen LogP contribution is 2.29. The van der Waals surface area contributed by atoms with Crippen molar-refractivity contribution < 1.29 is 14.5 Å². The summed E-state index contributed by atoms with van der Waals surface area (Å²) < 4.78 is 0.433. The van der Waals surface area contributed by atoms with E-state index in [2.05, 4.69) is 21.2 Å². The molecule has 8 heteroatoms. The maximum absolute atomic E-state index is 11.9. The normalized spacial score (nSPS) is 14.5. The minimum absolute atomic E-state index is 0.0691. The Morgan fingerprint density at radius 1 is 1.40 bits per heavy atom. The molecule has 1 aromatic carbocycles. The third-order valence-electron chi connectivity index (χ3n) is 2.76. The lowest BCUT2D eigenvalue weighted by molar-refractivity contribution is -0.384. The second kappa shape index (κ2) is 5.41. The Morgan fingerprint density at radius 2 is 2.10 bits per heavy atom. The molecule has 1 aliphatic heterocycles. The van der Waals surface area contributed by atoms with Gasteiger partial charge in [0.15, 0.2) is 0 Å². The zero-order chi connectivity index (χ0) is 14.9. The molecule has 2 amide bonds. The van der Waals surface area contributed by atoms with E-state index in [0.717, 1.165) is 4.90 Å². The van der Waals surface area contributed by atoms with E-state index in [1.165, 1.54) is 24.3 Å². The van der Waals surface area contributed by atoms with Gasteiger partial charge in [-0.1, -0.05) is 0 Å². The molecule has 0 saturated carbocycles. The monoisotopic (exact) mass is 339 g/mol. The number of anilines is 1. The molecule has 1 aromatic rings. The fourth-order valence-electron chi connectivity index (χ4n) is 1.76. The molecule has 0 unspecified atom stereocenters. The van der Waals surface area contributed by atoms with Gasteiger partial charge in [-0.15, -0.1) is 0 Å². The zero-order valence-electron chi connectivity index (χ0n) is 10.4. The van der Waals surface area contributed by atoms with Gasteiger partial charge in [-0.3, -0.25) is 24.6 Å². The number of rotatable bonds is 4. The van der Waals surface area contributed by atoms with E-state index in [-0.39, 0.29) is 17.3 Å². The highest BCUT2D eigenvalue weighted by Gasteiger charge is 2.30. The Hall–Kier alpha value is -2.22. The van der Waals surface area contributed by atoms with E-state index < -0.39 is 10.8 Å². The quantitative estimate of drug-likeness (QED) is 0.514. The summed E-state index contributed by atoms with van der Waals surface area (Å²) in [5.74, 6) is -0.791. The van der Waals surface area contributed by atoms with Crippen LogP contribution in [0.4, 0.5) is 11.4 Å². The van der Waals surface area contributed by atoms with Gasteiger partial charge < -0.3 is 5.32 Å². The number of halogens is 1. The fourth-order valence-corrected chi connectivity index (χ4v) is 2.23. The maximum atomic E-state index is 11.9. The summed E-state index contributed by atoms with van der Waals surface area (Å²) in [7, 11) is 0. The Bertz CT molecular complexity index is 642. The van der Waals surface area contributed by atoms with Crippen molar-refractivity contribution in [2.45, 2.75) is 6.92 Å². The first-order valence-electron chi connectivity index (χ1n) is 5.72. The second-order valence-corrected chi connectivity index (χ2v) is 4.85. The molecule has 0 aliphatic carbocycles. The van der Waals surface area contributed by atoms with Crippen LogP contribution in [-0.2, 0) is 9.59 Å². The summed E-state index contributed by atoms with van der Waals surface area (Å²) in [5, 5.41) is 13.4. The van der Waals surface area contributed by atoms with Gasteiger partial charge >= 0.3 is 0 Å². The Labute approximate surface area is 122 Å². The number of imide groups is 1. The van der Waals surface area contributed by atoms with Crippen molar-refractivity contribution in [3.63, 3.8) is 0 Å². The first-order chi connectivity index (χ1) is 9.43. The predicted molar refractivity (Wildman–Crippen MR) is 74.9 cm³/mol. The average Bonchev–Trinajstić information content (AvgIpc) is 2.66. The summed E-state index contributed by atoms with van der Waals surface area (Å²) in [5.41, 5.74) is 0.549. The van der Waals surface area contributed by atoms with Crippen molar-refractivity contribution in [1.82, 2.24) is 4.90 Å². The number of hydrogen-bond acceptors (Lipinski definition) is 5. The van der Waals surface area contributed by atoms with Gasteiger partial charge in [0.1, 0.15) is 5.70 Å². The van der Waals surface area contributed by atoms with Crippen LogP contribution in [0, 0.1) is 10.1 Å². The van der Waals surface area contributed by atoms with Gasteiger partial charge in [-0.2, -0.15) is 0 Å². The van der Waals surface area contributed by atoms with Crippen LogP contribution in [0.5, 0.6) is 0 Å². The minimum Gasteiger partial charge on any atom is -0.350 e. The summed E-state index contributed by atoms with van der Waals surface area (Å²) in [6.07, 6.45) is 1.21. The highest BCUT2D eigenvalue weighted by molar-refractivity contribution is 9.10. The molecule has 1 N–H and O–H groups in total. The van der Waals surface area contributed by atoms with E-state index in [0.29, 0.717) is 16.7 Å². The fraction of sp³-hybridized carbons (Fsp3) is 0.167. The van der Waals surface area contributed by atoms with Crippen LogP contribution in [0.15, 0.2) is 34.4 Å². The summed E-state index contributed by atoms with van der Waals surface area (Å²) in [6, 6.07) is 4.10. The molecule has 104 valence electrons. The lowest BCUT2D eigenvalue weighted by Gasteiger charge is -2.12. The van der Waals surface area contributed by atoms with Crippen LogP contribution >= 0.6 is 15.9 Å². The molecular formula is C12H10BrN3O4. The molecule has 0 aromatic heterocycles. The molecule has 1 aliphatic rings. The van der Waals surface area contributed by atoms with E-state index >= 15 is 0 Å². The molecule has 20 heavy (non-hydrogen) atoms. The number of nitrogens with one attached hydrogen (secondary N) is 1. The lowest BCUT2D eigenvalue weighted by atomic mass is 10.2. The number of amides is 2. The van der Waals surface area contributed by atoms with Gasteiger partial charge in [0.25, 0.3) is 17.5 Å². The van der Waals surface area contributed by atoms with Crippen molar-refractivity contribution >= 4 is 39.1 Å². The number of nitrogens with zero attached hydrogens (tertiary/aromatic N) is 2.